The second-order valence-electron chi connectivity index (χ2n) is 6.30. The Kier molecular flexibility index (Phi) is 5.31. The molecule has 0 saturated carbocycles. The fraction of sp³-hybridized carbons (Fsp3) is 0.250. The van der Waals surface area contributed by atoms with Crippen LogP contribution in [0.3, 0.4) is 0 Å². The first-order valence-electron chi connectivity index (χ1n) is 8.53. The monoisotopic (exact) mass is 352 g/mol. The van der Waals surface area contributed by atoms with E-state index in [9.17, 15) is 14.4 Å². The van der Waals surface area contributed by atoms with Gasteiger partial charge in [-0.1, -0.05) is 18.2 Å². The number of benzene rings is 2. The lowest BCUT2D eigenvalue weighted by atomic mass is 9.96. The largest absolute Gasteiger partial charge is 0.481 e. The number of hydrogen-bond donors (Lipinski definition) is 2. The Labute approximate surface area is 151 Å². The van der Waals surface area contributed by atoms with Crippen molar-refractivity contribution in [3.8, 4) is 0 Å². The maximum atomic E-state index is 12.5. The molecule has 2 aromatic rings. The Bertz CT molecular complexity index is 794. The number of rotatable bonds is 4. The molecule has 26 heavy (non-hydrogen) atoms. The van der Waals surface area contributed by atoms with Crippen LogP contribution in [0.4, 0.5) is 5.69 Å². The molecule has 2 amide bonds. The summed E-state index contributed by atoms with van der Waals surface area (Å²) in [7, 11) is 0. The third-order valence-corrected chi connectivity index (χ3v) is 4.56. The van der Waals surface area contributed by atoms with E-state index in [2.05, 4.69) is 5.32 Å². The summed E-state index contributed by atoms with van der Waals surface area (Å²) < 4.78 is 0. The number of nitrogens with zero attached hydrogens (tertiary/aromatic N) is 1. The van der Waals surface area contributed by atoms with Crippen molar-refractivity contribution in [1.82, 2.24) is 4.90 Å². The van der Waals surface area contributed by atoms with Crippen LogP contribution < -0.4 is 5.32 Å². The van der Waals surface area contributed by atoms with Gasteiger partial charge in [0.1, 0.15) is 0 Å². The molecule has 0 atom stereocenters. The summed E-state index contributed by atoms with van der Waals surface area (Å²) in [6.45, 7) is 0.893. The van der Waals surface area contributed by atoms with Gasteiger partial charge in [0, 0.05) is 29.9 Å². The van der Waals surface area contributed by atoms with Crippen LogP contribution in [0, 0.1) is 5.92 Å². The van der Waals surface area contributed by atoms with Gasteiger partial charge in [-0.3, -0.25) is 14.4 Å². The SMILES string of the molecule is O=C(Nc1ccc(C(=O)N2CCC(C(=O)O)CC2)cc1)c1ccccc1. The number of carbonyl (C=O) groups excluding carboxylic acids is 2. The van der Waals surface area contributed by atoms with Gasteiger partial charge in [-0.2, -0.15) is 0 Å². The Morgan fingerprint density at radius 2 is 1.50 bits per heavy atom. The smallest absolute Gasteiger partial charge is 0.306 e. The van der Waals surface area contributed by atoms with Crippen molar-refractivity contribution in [1.29, 1.82) is 0 Å². The fourth-order valence-electron chi connectivity index (χ4n) is 3.00. The average Bonchev–Trinajstić information content (AvgIpc) is 2.69. The van der Waals surface area contributed by atoms with Crippen LogP contribution in [0.25, 0.3) is 0 Å². The van der Waals surface area contributed by atoms with Gasteiger partial charge in [0.15, 0.2) is 0 Å². The number of hydrogen-bond acceptors (Lipinski definition) is 3. The Morgan fingerprint density at radius 3 is 2.08 bits per heavy atom. The zero-order chi connectivity index (χ0) is 18.5. The van der Waals surface area contributed by atoms with Crippen molar-refractivity contribution < 1.29 is 19.5 Å². The summed E-state index contributed by atoms with van der Waals surface area (Å²) in [5.74, 6) is -1.49. The van der Waals surface area contributed by atoms with Crippen molar-refractivity contribution in [2.75, 3.05) is 18.4 Å². The summed E-state index contributed by atoms with van der Waals surface area (Å²) in [5, 5.41) is 11.8. The molecule has 0 spiro atoms. The molecule has 1 aliphatic rings. The van der Waals surface area contributed by atoms with Gasteiger partial charge < -0.3 is 15.3 Å². The molecule has 1 heterocycles. The third-order valence-electron chi connectivity index (χ3n) is 4.56. The average molecular weight is 352 g/mol. The second kappa shape index (κ2) is 7.82. The van der Waals surface area contributed by atoms with E-state index in [0.717, 1.165) is 0 Å². The molecule has 2 N–H and O–H groups in total. The van der Waals surface area contributed by atoms with Gasteiger partial charge in [0.2, 0.25) is 0 Å². The molecular weight excluding hydrogens is 332 g/mol. The van der Waals surface area contributed by atoms with E-state index in [1.807, 2.05) is 6.07 Å². The first-order valence-corrected chi connectivity index (χ1v) is 8.53. The van der Waals surface area contributed by atoms with E-state index in [0.29, 0.717) is 42.7 Å². The number of anilines is 1. The molecule has 1 aliphatic heterocycles. The topological polar surface area (TPSA) is 86.7 Å². The number of carbonyl (C=O) groups is 3. The molecule has 1 saturated heterocycles. The van der Waals surface area contributed by atoms with Gasteiger partial charge in [-0.25, -0.2) is 0 Å². The molecule has 134 valence electrons. The van der Waals surface area contributed by atoms with Crippen LogP contribution >= 0.6 is 0 Å². The van der Waals surface area contributed by atoms with Crippen LogP contribution in [-0.4, -0.2) is 40.9 Å². The molecule has 0 aliphatic carbocycles. The molecule has 6 nitrogen and oxygen atoms in total. The van der Waals surface area contributed by atoms with E-state index in [4.69, 9.17) is 5.11 Å². The van der Waals surface area contributed by atoms with E-state index in [1.165, 1.54) is 0 Å². The normalized spacial score (nSPS) is 14.7. The van der Waals surface area contributed by atoms with Gasteiger partial charge in [0.25, 0.3) is 11.8 Å². The highest BCUT2D eigenvalue weighted by Crippen LogP contribution is 2.20. The van der Waals surface area contributed by atoms with Gasteiger partial charge >= 0.3 is 5.97 Å². The lowest BCUT2D eigenvalue weighted by Crippen LogP contribution is -2.40. The first kappa shape index (κ1) is 17.7. The Morgan fingerprint density at radius 1 is 0.885 bits per heavy atom. The lowest BCUT2D eigenvalue weighted by molar-refractivity contribution is -0.143. The van der Waals surface area contributed by atoms with Crippen molar-refractivity contribution in [3.63, 3.8) is 0 Å². The van der Waals surface area contributed by atoms with Crippen molar-refractivity contribution >= 4 is 23.5 Å². The first-order chi connectivity index (χ1) is 12.5. The number of piperidine rings is 1. The molecule has 0 unspecified atom stereocenters. The summed E-state index contributed by atoms with van der Waals surface area (Å²) in [5.41, 5.74) is 1.70. The number of amides is 2. The van der Waals surface area contributed by atoms with Gasteiger partial charge in [0.05, 0.1) is 5.92 Å². The van der Waals surface area contributed by atoms with Gasteiger partial charge in [-0.05, 0) is 49.2 Å². The molecule has 0 aromatic heterocycles. The zero-order valence-corrected chi connectivity index (χ0v) is 14.2. The zero-order valence-electron chi connectivity index (χ0n) is 14.2. The predicted molar refractivity (Wildman–Crippen MR) is 97.1 cm³/mol. The van der Waals surface area contributed by atoms with Crippen LogP contribution in [0.5, 0.6) is 0 Å². The number of aliphatic carboxylic acids is 1. The minimum absolute atomic E-state index is 0.116. The number of nitrogens with one attached hydrogen (secondary N) is 1. The highest BCUT2D eigenvalue weighted by Gasteiger charge is 2.27. The predicted octanol–water partition coefficient (Wildman–Crippen LogP) is 2.88. The second-order valence-corrected chi connectivity index (χ2v) is 6.30. The summed E-state index contributed by atoms with van der Waals surface area (Å²) >= 11 is 0. The van der Waals surface area contributed by atoms with Crippen molar-refractivity contribution in [3.05, 3.63) is 65.7 Å². The van der Waals surface area contributed by atoms with E-state index >= 15 is 0 Å². The molecule has 1 fully saturated rings. The minimum atomic E-state index is -0.796. The number of likely N-dealkylation sites (tertiary alicyclic amines) is 1. The maximum Gasteiger partial charge on any atom is 0.306 e. The van der Waals surface area contributed by atoms with Gasteiger partial charge in [-0.15, -0.1) is 0 Å². The van der Waals surface area contributed by atoms with E-state index in [1.54, 1.807) is 53.4 Å². The third kappa shape index (κ3) is 4.08. The summed E-state index contributed by atoms with van der Waals surface area (Å²) in [6.07, 6.45) is 0.957. The maximum absolute atomic E-state index is 12.5. The fourth-order valence-corrected chi connectivity index (χ4v) is 3.00. The Hall–Kier alpha value is -3.15. The molecular formula is C20H20N2O4. The standard InChI is InChI=1S/C20H20N2O4/c23-18(14-4-2-1-3-5-14)21-17-8-6-15(7-9-17)19(24)22-12-10-16(11-13-22)20(25)26/h1-9,16H,10-13H2,(H,21,23)(H,25,26). The van der Waals surface area contributed by atoms with Crippen molar-refractivity contribution in [2.45, 2.75) is 12.8 Å². The number of carboxylic acids is 1. The van der Waals surface area contributed by atoms with Crippen LogP contribution in [0.1, 0.15) is 33.6 Å². The molecule has 0 radical (unpaired) electrons. The minimum Gasteiger partial charge on any atom is -0.481 e. The van der Waals surface area contributed by atoms with Crippen LogP contribution in [0.2, 0.25) is 0 Å². The Balaban J connectivity index is 1.60. The quantitative estimate of drug-likeness (QED) is 0.886. The molecule has 2 aromatic carbocycles. The summed E-state index contributed by atoms with van der Waals surface area (Å²) in [4.78, 5) is 37.3. The molecule has 6 heteroatoms. The van der Waals surface area contributed by atoms with Crippen LogP contribution in [0.15, 0.2) is 54.6 Å². The lowest BCUT2D eigenvalue weighted by Gasteiger charge is -2.30. The number of carboxylic acid groups (broad SMARTS) is 1. The summed E-state index contributed by atoms with van der Waals surface area (Å²) in [6, 6.07) is 15.6. The van der Waals surface area contributed by atoms with E-state index in [-0.39, 0.29) is 17.7 Å². The molecule has 0 bridgehead atoms. The molecule has 3 rings (SSSR count). The highest BCUT2D eigenvalue weighted by atomic mass is 16.4. The van der Waals surface area contributed by atoms with Crippen molar-refractivity contribution in [2.24, 2.45) is 5.92 Å². The van der Waals surface area contributed by atoms with Crippen LogP contribution in [-0.2, 0) is 4.79 Å². The van der Waals surface area contributed by atoms with E-state index < -0.39 is 5.97 Å². The highest BCUT2D eigenvalue weighted by molar-refractivity contribution is 6.04.